The van der Waals surface area contributed by atoms with Gasteiger partial charge in [-0.1, -0.05) is 36.5 Å². The molecule has 0 aliphatic heterocycles. The molecule has 0 aromatic heterocycles. The molecule has 0 heterocycles. The van der Waals surface area contributed by atoms with Crippen molar-refractivity contribution in [1.82, 2.24) is 0 Å². The number of hydrogen-bond donors (Lipinski definition) is 0. The van der Waals surface area contributed by atoms with E-state index in [1.54, 1.807) is 0 Å². The Balaban J connectivity index is 2.55. The van der Waals surface area contributed by atoms with Gasteiger partial charge in [0, 0.05) is 12.8 Å². The van der Waals surface area contributed by atoms with Gasteiger partial charge in [0.1, 0.15) is 5.78 Å². The van der Waals surface area contributed by atoms with Crippen molar-refractivity contribution in [3.05, 3.63) is 36.5 Å². The van der Waals surface area contributed by atoms with E-state index in [2.05, 4.69) is 0 Å². The first-order valence-corrected chi connectivity index (χ1v) is 3.89. The first kappa shape index (κ1) is 7.99. The van der Waals surface area contributed by atoms with Crippen molar-refractivity contribution in [2.45, 2.75) is 19.3 Å². The van der Waals surface area contributed by atoms with Crippen LogP contribution in [0.1, 0.15) is 19.3 Å². The second kappa shape index (κ2) is 4.67. The normalized spacial score (nSPS) is 18.7. The van der Waals surface area contributed by atoms with Crippen LogP contribution in [0.25, 0.3) is 0 Å². The largest absolute Gasteiger partial charge is 0.299 e. The summed E-state index contributed by atoms with van der Waals surface area (Å²) in [7, 11) is 0. The van der Waals surface area contributed by atoms with E-state index in [-0.39, 0.29) is 0 Å². The van der Waals surface area contributed by atoms with E-state index < -0.39 is 0 Å². The van der Waals surface area contributed by atoms with Gasteiger partial charge in [0.05, 0.1) is 0 Å². The Labute approximate surface area is 67.1 Å². The molecule has 1 rings (SSSR count). The maximum atomic E-state index is 11.0. The van der Waals surface area contributed by atoms with Crippen LogP contribution < -0.4 is 0 Å². The van der Waals surface area contributed by atoms with Gasteiger partial charge in [-0.25, -0.2) is 0 Å². The highest BCUT2D eigenvalue weighted by Crippen LogP contribution is 1.99. The van der Waals surface area contributed by atoms with E-state index in [0.29, 0.717) is 18.6 Å². The van der Waals surface area contributed by atoms with E-state index >= 15 is 0 Å². The number of allylic oxidation sites excluding steroid dienone is 6. The van der Waals surface area contributed by atoms with Crippen LogP contribution in [-0.4, -0.2) is 5.78 Å². The Morgan fingerprint density at radius 2 is 1.73 bits per heavy atom. The lowest BCUT2D eigenvalue weighted by atomic mass is 10.1. The van der Waals surface area contributed by atoms with Crippen LogP contribution in [-0.2, 0) is 4.79 Å². The van der Waals surface area contributed by atoms with Gasteiger partial charge in [-0.2, -0.15) is 0 Å². The SMILES string of the molecule is O=C1CC=CC=CC=CCC1. The molecule has 0 atom stereocenters. The lowest BCUT2D eigenvalue weighted by Gasteiger charge is -1.93. The summed E-state index contributed by atoms with van der Waals surface area (Å²) < 4.78 is 0. The minimum atomic E-state index is 0.321. The number of hydrogen-bond acceptors (Lipinski definition) is 1. The lowest BCUT2D eigenvalue weighted by Crippen LogP contribution is -1.93. The predicted octanol–water partition coefficient (Wildman–Crippen LogP) is 2.41. The molecule has 0 spiro atoms. The fourth-order valence-electron chi connectivity index (χ4n) is 0.928. The molecule has 0 bridgehead atoms. The maximum Gasteiger partial charge on any atom is 0.136 e. The molecule has 58 valence electrons. The Hall–Kier alpha value is -1.11. The number of ketones is 1. The molecule has 0 amide bonds. The van der Waals surface area contributed by atoms with Gasteiger partial charge in [0.2, 0.25) is 0 Å². The lowest BCUT2D eigenvalue weighted by molar-refractivity contribution is -0.118. The van der Waals surface area contributed by atoms with Crippen LogP contribution in [0.3, 0.4) is 0 Å². The highest BCUT2D eigenvalue weighted by Gasteiger charge is 1.95. The monoisotopic (exact) mass is 148 g/mol. The van der Waals surface area contributed by atoms with Crippen molar-refractivity contribution in [1.29, 1.82) is 0 Å². The molecule has 11 heavy (non-hydrogen) atoms. The van der Waals surface area contributed by atoms with Crippen LogP contribution in [0.2, 0.25) is 0 Å². The Morgan fingerprint density at radius 1 is 1.00 bits per heavy atom. The molecule has 1 aliphatic rings. The van der Waals surface area contributed by atoms with Crippen molar-refractivity contribution in [3.8, 4) is 0 Å². The summed E-state index contributed by atoms with van der Waals surface area (Å²) in [5, 5.41) is 0. The number of carbonyl (C=O) groups excluding carboxylic acids is 1. The molecule has 0 N–H and O–H groups in total. The van der Waals surface area contributed by atoms with Crippen molar-refractivity contribution in [2.24, 2.45) is 0 Å². The zero-order chi connectivity index (χ0) is 7.94. The average molecular weight is 148 g/mol. The predicted molar refractivity (Wildman–Crippen MR) is 46.3 cm³/mol. The highest BCUT2D eigenvalue weighted by atomic mass is 16.1. The quantitative estimate of drug-likeness (QED) is 0.515. The molecular formula is C10H12O. The van der Waals surface area contributed by atoms with Gasteiger partial charge in [0.15, 0.2) is 0 Å². The topological polar surface area (TPSA) is 17.1 Å². The molecule has 1 aliphatic carbocycles. The van der Waals surface area contributed by atoms with Crippen LogP contribution >= 0.6 is 0 Å². The van der Waals surface area contributed by atoms with E-state index in [1.165, 1.54) is 0 Å². The van der Waals surface area contributed by atoms with E-state index in [1.807, 2.05) is 36.5 Å². The summed E-state index contributed by atoms with van der Waals surface area (Å²) in [6.45, 7) is 0. The maximum absolute atomic E-state index is 11.0. The average Bonchev–Trinajstić information content (AvgIpc) is 2.03. The Kier molecular flexibility index (Phi) is 3.39. The summed E-state index contributed by atoms with van der Waals surface area (Å²) in [5.74, 6) is 0.321. The summed E-state index contributed by atoms with van der Waals surface area (Å²) in [5.41, 5.74) is 0. The molecule has 0 fully saturated rings. The van der Waals surface area contributed by atoms with Crippen LogP contribution in [0.5, 0.6) is 0 Å². The Bertz CT molecular complexity index is 209. The van der Waals surface area contributed by atoms with Gasteiger partial charge in [-0.15, -0.1) is 0 Å². The van der Waals surface area contributed by atoms with Crippen molar-refractivity contribution >= 4 is 5.78 Å². The molecule has 1 nitrogen and oxygen atoms in total. The minimum absolute atomic E-state index is 0.321. The highest BCUT2D eigenvalue weighted by molar-refractivity contribution is 5.80. The molecule has 0 unspecified atom stereocenters. The third-order valence-electron chi connectivity index (χ3n) is 1.54. The Morgan fingerprint density at radius 3 is 2.55 bits per heavy atom. The van der Waals surface area contributed by atoms with E-state index in [9.17, 15) is 4.79 Å². The third kappa shape index (κ3) is 3.56. The van der Waals surface area contributed by atoms with Crippen molar-refractivity contribution in [3.63, 3.8) is 0 Å². The molecule has 1 heteroatoms. The zero-order valence-corrected chi connectivity index (χ0v) is 6.49. The van der Waals surface area contributed by atoms with E-state index in [0.717, 1.165) is 6.42 Å². The molecule has 0 aromatic carbocycles. The number of Topliss-reactive ketones (excluding diaryl/α,β-unsaturated/α-hetero) is 1. The van der Waals surface area contributed by atoms with Crippen molar-refractivity contribution < 1.29 is 4.79 Å². The van der Waals surface area contributed by atoms with Gasteiger partial charge in [-0.05, 0) is 6.42 Å². The van der Waals surface area contributed by atoms with Gasteiger partial charge >= 0.3 is 0 Å². The fourth-order valence-corrected chi connectivity index (χ4v) is 0.928. The first-order valence-electron chi connectivity index (χ1n) is 3.89. The number of carbonyl (C=O) groups is 1. The second-order valence-corrected chi connectivity index (χ2v) is 2.52. The second-order valence-electron chi connectivity index (χ2n) is 2.52. The summed E-state index contributed by atoms with van der Waals surface area (Å²) in [6.07, 6.45) is 13.9. The number of rotatable bonds is 0. The molecule has 0 aromatic rings. The van der Waals surface area contributed by atoms with Crippen molar-refractivity contribution in [2.75, 3.05) is 0 Å². The molecule has 0 saturated carbocycles. The fraction of sp³-hybridized carbons (Fsp3) is 0.300. The third-order valence-corrected chi connectivity index (χ3v) is 1.54. The van der Waals surface area contributed by atoms with Crippen LogP contribution in [0.15, 0.2) is 36.5 Å². The summed E-state index contributed by atoms with van der Waals surface area (Å²) in [4.78, 5) is 11.0. The standard InChI is InChI=1S/C10H12O/c11-10-8-6-4-2-1-3-5-7-9-10/h1-6H,7-9H2. The van der Waals surface area contributed by atoms with E-state index in [4.69, 9.17) is 0 Å². The zero-order valence-electron chi connectivity index (χ0n) is 6.49. The molecule has 0 radical (unpaired) electrons. The summed E-state index contributed by atoms with van der Waals surface area (Å²) in [6, 6.07) is 0. The van der Waals surface area contributed by atoms with Gasteiger partial charge in [-0.3, -0.25) is 4.79 Å². The first-order chi connectivity index (χ1) is 5.39. The van der Waals surface area contributed by atoms with Gasteiger partial charge < -0.3 is 0 Å². The van der Waals surface area contributed by atoms with Gasteiger partial charge in [0.25, 0.3) is 0 Å². The smallest absolute Gasteiger partial charge is 0.136 e. The molecule has 0 saturated heterocycles. The molecular weight excluding hydrogens is 136 g/mol. The summed E-state index contributed by atoms with van der Waals surface area (Å²) >= 11 is 0. The van der Waals surface area contributed by atoms with Crippen LogP contribution in [0, 0.1) is 0 Å². The van der Waals surface area contributed by atoms with Crippen LogP contribution in [0.4, 0.5) is 0 Å². The minimum Gasteiger partial charge on any atom is -0.299 e.